The lowest BCUT2D eigenvalue weighted by Gasteiger charge is -2.42. The van der Waals surface area contributed by atoms with Crippen molar-refractivity contribution in [2.45, 2.75) is 31.2 Å². The number of anilines is 1. The van der Waals surface area contributed by atoms with E-state index in [0.29, 0.717) is 5.96 Å². The van der Waals surface area contributed by atoms with Gasteiger partial charge in [-0.25, -0.2) is 0 Å². The number of rotatable bonds is 4. The predicted molar refractivity (Wildman–Crippen MR) is 96.7 cm³/mol. The monoisotopic (exact) mass is 318 g/mol. The topological polar surface area (TPSA) is 53.6 Å². The zero-order valence-corrected chi connectivity index (χ0v) is 13.9. The van der Waals surface area contributed by atoms with Crippen LogP contribution in [0, 0.1) is 0 Å². The summed E-state index contributed by atoms with van der Waals surface area (Å²) in [5, 5.41) is 3.19. The average Bonchev–Trinajstić information content (AvgIpc) is 3.05. The number of nitrogens with two attached hydrogens (primary N) is 1. The van der Waals surface area contributed by atoms with Crippen molar-refractivity contribution in [1.82, 2.24) is 4.90 Å². The fourth-order valence-electron chi connectivity index (χ4n) is 3.59. The molecule has 5 heteroatoms. The Kier molecular flexibility index (Phi) is 5.26. The van der Waals surface area contributed by atoms with Gasteiger partial charge in [0, 0.05) is 35.8 Å². The highest BCUT2D eigenvalue weighted by atomic mass is 32.2. The van der Waals surface area contributed by atoms with Gasteiger partial charge in [0.25, 0.3) is 0 Å². The van der Waals surface area contributed by atoms with Crippen molar-refractivity contribution in [3.05, 3.63) is 30.3 Å². The molecular formula is C17H26N4S. The quantitative estimate of drug-likeness (QED) is 0.662. The van der Waals surface area contributed by atoms with E-state index in [-0.39, 0.29) is 5.54 Å². The van der Waals surface area contributed by atoms with Crippen LogP contribution in [0.2, 0.25) is 0 Å². The predicted octanol–water partition coefficient (Wildman–Crippen LogP) is 2.77. The van der Waals surface area contributed by atoms with E-state index >= 15 is 0 Å². The summed E-state index contributed by atoms with van der Waals surface area (Å²) in [6.07, 6.45) is 5.18. The molecule has 0 bridgehead atoms. The van der Waals surface area contributed by atoms with E-state index in [0.717, 1.165) is 12.2 Å². The summed E-state index contributed by atoms with van der Waals surface area (Å²) >= 11 is 2.07. The van der Waals surface area contributed by atoms with Gasteiger partial charge in [-0.2, -0.15) is 11.8 Å². The van der Waals surface area contributed by atoms with Crippen LogP contribution in [0.15, 0.2) is 35.3 Å². The molecule has 1 aromatic carbocycles. The van der Waals surface area contributed by atoms with Crippen LogP contribution in [0.1, 0.15) is 25.7 Å². The zero-order chi connectivity index (χ0) is 15.3. The van der Waals surface area contributed by atoms with Crippen molar-refractivity contribution < 1.29 is 0 Å². The van der Waals surface area contributed by atoms with E-state index < -0.39 is 0 Å². The Labute approximate surface area is 137 Å². The van der Waals surface area contributed by atoms with Crippen molar-refractivity contribution in [2.75, 3.05) is 36.5 Å². The first-order valence-electron chi connectivity index (χ1n) is 8.23. The van der Waals surface area contributed by atoms with E-state index in [1.807, 2.05) is 30.3 Å². The highest BCUT2D eigenvalue weighted by Crippen LogP contribution is 2.37. The molecule has 1 saturated carbocycles. The maximum Gasteiger partial charge on any atom is 0.193 e. The minimum atomic E-state index is 0.254. The fourth-order valence-corrected chi connectivity index (χ4v) is 4.49. The molecule has 0 radical (unpaired) electrons. The summed E-state index contributed by atoms with van der Waals surface area (Å²) in [5.74, 6) is 3.04. The van der Waals surface area contributed by atoms with Gasteiger partial charge in [0.2, 0.25) is 0 Å². The highest BCUT2D eigenvalue weighted by molar-refractivity contribution is 7.99. The summed E-state index contributed by atoms with van der Waals surface area (Å²) in [7, 11) is 0. The number of hydrogen-bond acceptors (Lipinski definition) is 3. The van der Waals surface area contributed by atoms with Gasteiger partial charge in [0.1, 0.15) is 0 Å². The molecule has 1 saturated heterocycles. The molecule has 22 heavy (non-hydrogen) atoms. The summed E-state index contributed by atoms with van der Waals surface area (Å²) in [6.45, 7) is 3.22. The third kappa shape index (κ3) is 3.76. The number of benzene rings is 1. The van der Waals surface area contributed by atoms with E-state index in [4.69, 9.17) is 5.73 Å². The van der Waals surface area contributed by atoms with Crippen molar-refractivity contribution in [3.63, 3.8) is 0 Å². The largest absolute Gasteiger partial charge is 0.370 e. The van der Waals surface area contributed by atoms with Crippen LogP contribution in [0.25, 0.3) is 0 Å². The average molecular weight is 318 g/mol. The Balaban J connectivity index is 1.64. The molecule has 120 valence electrons. The first-order valence-corrected chi connectivity index (χ1v) is 9.39. The molecule has 1 aliphatic carbocycles. The van der Waals surface area contributed by atoms with E-state index in [9.17, 15) is 0 Å². The SMILES string of the molecule is NC(=NCC1(N2CCSCC2)CCCC1)Nc1ccccc1. The number of aliphatic imine (C=N–C) groups is 1. The van der Waals surface area contributed by atoms with Gasteiger partial charge < -0.3 is 11.1 Å². The van der Waals surface area contributed by atoms with E-state index in [1.54, 1.807) is 0 Å². The lowest BCUT2D eigenvalue weighted by molar-refractivity contribution is 0.112. The van der Waals surface area contributed by atoms with Gasteiger partial charge in [-0.05, 0) is 25.0 Å². The highest BCUT2D eigenvalue weighted by Gasteiger charge is 2.39. The second-order valence-electron chi connectivity index (χ2n) is 6.22. The molecule has 1 heterocycles. The second kappa shape index (κ2) is 7.38. The normalized spacial score (nSPS) is 22.6. The van der Waals surface area contributed by atoms with Gasteiger partial charge >= 0.3 is 0 Å². The van der Waals surface area contributed by atoms with Crippen molar-refractivity contribution >= 4 is 23.4 Å². The molecule has 1 aromatic rings. The maximum atomic E-state index is 6.09. The Bertz CT molecular complexity index is 491. The lowest BCUT2D eigenvalue weighted by atomic mass is 9.95. The summed E-state index contributed by atoms with van der Waals surface area (Å²) in [6, 6.07) is 10.0. The lowest BCUT2D eigenvalue weighted by Crippen LogP contribution is -2.52. The van der Waals surface area contributed by atoms with Crippen LogP contribution in [0.4, 0.5) is 5.69 Å². The van der Waals surface area contributed by atoms with Gasteiger partial charge in [0.05, 0.1) is 6.54 Å². The maximum absolute atomic E-state index is 6.09. The molecule has 0 unspecified atom stereocenters. The van der Waals surface area contributed by atoms with Crippen LogP contribution in [0.3, 0.4) is 0 Å². The van der Waals surface area contributed by atoms with Crippen LogP contribution in [0.5, 0.6) is 0 Å². The standard InChI is InChI=1S/C17H26N4S/c18-16(20-15-6-2-1-3-7-15)19-14-17(8-4-5-9-17)21-10-12-22-13-11-21/h1-3,6-7H,4-5,8-14H2,(H3,18,19,20). The minimum absolute atomic E-state index is 0.254. The van der Waals surface area contributed by atoms with Crippen molar-refractivity contribution in [1.29, 1.82) is 0 Å². The number of hydrogen-bond donors (Lipinski definition) is 2. The van der Waals surface area contributed by atoms with Crippen molar-refractivity contribution in [2.24, 2.45) is 10.7 Å². The van der Waals surface area contributed by atoms with Crippen molar-refractivity contribution in [3.8, 4) is 0 Å². The van der Waals surface area contributed by atoms with Crippen LogP contribution < -0.4 is 11.1 Å². The third-order valence-corrected chi connectivity index (χ3v) is 5.75. The first-order chi connectivity index (χ1) is 10.8. The number of nitrogens with zero attached hydrogens (tertiary/aromatic N) is 2. The van der Waals surface area contributed by atoms with Gasteiger partial charge in [-0.1, -0.05) is 31.0 Å². The molecule has 0 aromatic heterocycles. The third-order valence-electron chi connectivity index (χ3n) is 4.81. The van der Waals surface area contributed by atoms with Crippen LogP contribution >= 0.6 is 11.8 Å². The van der Waals surface area contributed by atoms with E-state index in [2.05, 4.69) is 27.0 Å². The minimum Gasteiger partial charge on any atom is -0.370 e. The molecule has 3 rings (SSSR count). The molecular weight excluding hydrogens is 292 g/mol. The zero-order valence-electron chi connectivity index (χ0n) is 13.1. The molecule has 1 aliphatic heterocycles. The Morgan fingerprint density at radius 1 is 1.18 bits per heavy atom. The molecule has 2 fully saturated rings. The number of guanidine groups is 1. The molecule has 4 nitrogen and oxygen atoms in total. The number of nitrogens with one attached hydrogen (secondary N) is 1. The molecule has 0 atom stereocenters. The molecule has 2 aliphatic rings. The molecule has 3 N–H and O–H groups in total. The Morgan fingerprint density at radius 2 is 1.86 bits per heavy atom. The summed E-state index contributed by atoms with van der Waals surface area (Å²) in [5.41, 5.74) is 7.34. The van der Waals surface area contributed by atoms with Gasteiger partial charge in [0.15, 0.2) is 5.96 Å². The number of thioether (sulfide) groups is 1. The molecule has 0 spiro atoms. The summed E-state index contributed by atoms with van der Waals surface area (Å²) < 4.78 is 0. The fraction of sp³-hybridized carbons (Fsp3) is 0.588. The Morgan fingerprint density at radius 3 is 2.55 bits per heavy atom. The van der Waals surface area contributed by atoms with Gasteiger partial charge in [-0.15, -0.1) is 0 Å². The smallest absolute Gasteiger partial charge is 0.193 e. The number of para-hydroxylation sites is 1. The Hall–Kier alpha value is -1.20. The second-order valence-corrected chi connectivity index (χ2v) is 7.45. The van der Waals surface area contributed by atoms with Crippen LogP contribution in [-0.4, -0.2) is 47.5 Å². The summed E-state index contributed by atoms with van der Waals surface area (Å²) in [4.78, 5) is 7.36. The van der Waals surface area contributed by atoms with E-state index in [1.165, 1.54) is 50.3 Å². The molecule has 0 amide bonds. The van der Waals surface area contributed by atoms with Gasteiger partial charge in [-0.3, -0.25) is 9.89 Å². The first kappa shape index (κ1) is 15.7. The van der Waals surface area contributed by atoms with Crippen LogP contribution in [-0.2, 0) is 0 Å².